The van der Waals surface area contributed by atoms with E-state index in [0.29, 0.717) is 6.42 Å². The molecule has 0 amide bonds. The van der Waals surface area contributed by atoms with Crippen molar-refractivity contribution in [3.8, 4) is 0 Å². The third-order valence-corrected chi connectivity index (χ3v) is 2.11. The van der Waals surface area contributed by atoms with Gasteiger partial charge in [-0.3, -0.25) is 0 Å². The number of ether oxygens (including phenoxy) is 2. The summed E-state index contributed by atoms with van der Waals surface area (Å²) in [4.78, 5) is 0. The fourth-order valence-corrected chi connectivity index (χ4v) is 1.62. The predicted octanol–water partition coefficient (Wildman–Crippen LogP) is 0.270. The second kappa shape index (κ2) is 3.92. The van der Waals surface area contributed by atoms with E-state index in [-0.39, 0.29) is 18.8 Å². The molecule has 1 heterocycles. The van der Waals surface area contributed by atoms with Gasteiger partial charge in [0.2, 0.25) is 0 Å². The predicted molar refractivity (Wildman–Crippen MR) is 47.2 cm³/mol. The average Bonchev–Trinajstić information content (AvgIpc) is 2.26. The van der Waals surface area contributed by atoms with Crippen LogP contribution >= 0.6 is 0 Å². The van der Waals surface area contributed by atoms with Crippen LogP contribution in [0.25, 0.3) is 0 Å². The van der Waals surface area contributed by atoms with Crippen molar-refractivity contribution in [2.75, 3.05) is 6.61 Å². The second-order valence-electron chi connectivity index (χ2n) is 3.89. The summed E-state index contributed by atoms with van der Waals surface area (Å²) < 4.78 is 11.0. The third kappa shape index (κ3) is 2.64. The molecule has 0 aromatic rings. The van der Waals surface area contributed by atoms with Gasteiger partial charge in [-0.05, 0) is 27.2 Å². The monoisotopic (exact) mass is 190 g/mol. The molecule has 0 spiro atoms. The van der Waals surface area contributed by atoms with E-state index < -0.39 is 11.9 Å². The fourth-order valence-electron chi connectivity index (χ4n) is 1.62. The topological polar surface area (TPSA) is 58.9 Å². The fraction of sp³-hybridized carbons (Fsp3) is 1.00. The van der Waals surface area contributed by atoms with Gasteiger partial charge in [0.25, 0.3) is 0 Å². The molecule has 0 radical (unpaired) electrons. The van der Waals surface area contributed by atoms with Crippen molar-refractivity contribution in [2.24, 2.45) is 0 Å². The first-order valence-corrected chi connectivity index (χ1v) is 4.61. The molecule has 1 saturated heterocycles. The van der Waals surface area contributed by atoms with Crippen LogP contribution in [0, 0.1) is 0 Å². The van der Waals surface area contributed by atoms with Gasteiger partial charge in [-0.2, -0.15) is 0 Å². The molecule has 4 heteroatoms. The van der Waals surface area contributed by atoms with Gasteiger partial charge in [0.05, 0.1) is 12.2 Å². The van der Waals surface area contributed by atoms with Crippen molar-refractivity contribution < 1.29 is 19.7 Å². The highest BCUT2D eigenvalue weighted by Crippen LogP contribution is 2.31. The number of rotatable bonds is 3. The smallest absolute Gasteiger partial charge is 0.163 e. The molecular weight excluding hydrogens is 172 g/mol. The van der Waals surface area contributed by atoms with E-state index in [9.17, 15) is 5.11 Å². The van der Waals surface area contributed by atoms with E-state index in [1.807, 2.05) is 0 Å². The lowest BCUT2D eigenvalue weighted by atomic mass is 10.1. The summed E-state index contributed by atoms with van der Waals surface area (Å²) in [5.41, 5.74) is 0. The maximum atomic E-state index is 9.39. The van der Waals surface area contributed by atoms with Crippen LogP contribution < -0.4 is 0 Å². The molecule has 0 aromatic heterocycles. The Kier molecular flexibility index (Phi) is 3.29. The second-order valence-corrected chi connectivity index (χ2v) is 3.89. The summed E-state index contributed by atoms with van der Waals surface area (Å²) in [6.07, 6.45) is -0.612. The highest BCUT2D eigenvalue weighted by molar-refractivity contribution is 4.84. The molecule has 1 aliphatic rings. The molecule has 13 heavy (non-hydrogen) atoms. The van der Waals surface area contributed by atoms with Crippen molar-refractivity contribution in [2.45, 2.75) is 51.3 Å². The van der Waals surface area contributed by atoms with Crippen LogP contribution in [0.3, 0.4) is 0 Å². The lowest BCUT2D eigenvalue weighted by Gasteiger charge is -2.18. The van der Waals surface area contributed by atoms with Gasteiger partial charge in [0.1, 0.15) is 6.10 Å². The molecule has 0 unspecified atom stereocenters. The van der Waals surface area contributed by atoms with E-state index in [0.717, 1.165) is 0 Å². The van der Waals surface area contributed by atoms with Crippen LogP contribution in [-0.4, -0.2) is 40.9 Å². The molecule has 1 fully saturated rings. The van der Waals surface area contributed by atoms with Crippen molar-refractivity contribution in [1.29, 1.82) is 0 Å². The van der Waals surface area contributed by atoms with Gasteiger partial charge in [0.15, 0.2) is 5.79 Å². The molecule has 0 bridgehead atoms. The summed E-state index contributed by atoms with van der Waals surface area (Å²) in [6, 6.07) is 0. The number of aliphatic hydroxyl groups is 2. The summed E-state index contributed by atoms with van der Waals surface area (Å²) in [7, 11) is 0. The highest BCUT2D eigenvalue weighted by atomic mass is 16.8. The molecule has 78 valence electrons. The van der Waals surface area contributed by atoms with Crippen molar-refractivity contribution >= 4 is 0 Å². The molecular formula is C9H18O4. The molecule has 4 nitrogen and oxygen atoms in total. The molecule has 2 N–H and O–H groups in total. The van der Waals surface area contributed by atoms with Gasteiger partial charge in [-0.25, -0.2) is 0 Å². The van der Waals surface area contributed by atoms with E-state index in [2.05, 4.69) is 0 Å². The van der Waals surface area contributed by atoms with Crippen molar-refractivity contribution in [3.05, 3.63) is 0 Å². The molecule has 1 rings (SSSR count). The van der Waals surface area contributed by atoms with Crippen LogP contribution in [0.5, 0.6) is 0 Å². The Hall–Kier alpha value is -0.160. The molecule has 1 aliphatic heterocycles. The lowest BCUT2D eigenvalue weighted by Crippen LogP contribution is -2.33. The van der Waals surface area contributed by atoms with E-state index >= 15 is 0 Å². The zero-order chi connectivity index (χ0) is 10.1. The minimum absolute atomic E-state index is 0.0489. The minimum Gasteiger partial charge on any atom is -0.396 e. The van der Waals surface area contributed by atoms with Crippen LogP contribution in [0.2, 0.25) is 0 Å². The molecule has 0 saturated carbocycles. The molecule has 0 aliphatic carbocycles. The zero-order valence-electron chi connectivity index (χ0n) is 8.36. The first-order valence-electron chi connectivity index (χ1n) is 4.61. The Labute approximate surface area is 78.5 Å². The van der Waals surface area contributed by atoms with Gasteiger partial charge in [-0.15, -0.1) is 0 Å². The minimum atomic E-state index is -0.651. The zero-order valence-corrected chi connectivity index (χ0v) is 8.36. The molecule has 0 aromatic carbocycles. The van der Waals surface area contributed by atoms with Crippen LogP contribution in [0.4, 0.5) is 0 Å². The van der Waals surface area contributed by atoms with Crippen molar-refractivity contribution in [1.82, 2.24) is 0 Å². The van der Waals surface area contributed by atoms with Crippen LogP contribution in [0.15, 0.2) is 0 Å². The summed E-state index contributed by atoms with van der Waals surface area (Å²) in [5, 5.41) is 18.2. The average molecular weight is 190 g/mol. The summed E-state index contributed by atoms with van der Waals surface area (Å²) in [5.74, 6) is -0.651. The normalized spacial score (nSPS) is 34.8. The van der Waals surface area contributed by atoms with Gasteiger partial charge in [0, 0.05) is 6.61 Å². The molecule has 3 atom stereocenters. The van der Waals surface area contributed by atoms with E-state index in [1.165, 1.54) is 0 Å². The van der Waals surface area contributed by atoms with Crippen LogP contribution in [-0.2, 0) is 9.47 Å². The van der Waals surface area contributed by atoms with E-state index in [4.69, 9.17) is 14.6 Å². The highest BCUT2D eigenvalue weighted by Gasteiger charge is 2.42. The Morgan fingerprint density at radius 2 is 2.00 bits per heavy atom. The third-order valence-electron chi connectivity index (χ3n) is 2.11. The summed E-state index contributed by atoms with van der Waals surface area (Å²) >= 11 is 0. The standard InChI is InChI=1S/C9H18O4/c1-6(11)8-7(4-5-10)12-9(2,3)13-8/h6-8,10-11H,4-5H2,1-3H3/t6-,7+,8-/m0/s1. The summed E-state index contributed by atoms with van der Waals surface area (Å²) in [6.45, 7) is 5.33. The number of hydrogen-bond acceptors (Lipinski definition) is 4. The largest absolute Gasteiger partial charge is 0.396 e. The van der Waals surface area contributed by atoms with Gasteiger partial charge < -0.3 is 19.7 Å². The van der Waals surface area contributed by atoms with Crippen LogP contribution in [0.1, 0.15) is 27.2 Å². The van der Waals surface area contributed by atoms with Crippen molar-refractivity contribution in [3.63, 3.8) is 0 Å². The SMILES string of the molecule is C[C@H](O)[C@@H]1OC(C)(C)O[C@@H]1CCO. The first kappa shape index (κ1) is 10.9. The Morgan fingerprint density at radius 3 is 2.46 bits per heavy atom. The Balaban J connectivity index is 2.60. The van der Waals surface area contributed by atoms with E-state index in [1.54, 1.807) is 20.8 Å². The van der Waals surface area contributed by atoms with Gasteiger partial charge in [-0.1, -0.05) is 0 Å². The van der Waals surface area contributed by atoms with Gasteiger partial charge >= 0.3 is 0 Å². The Bertz CT molecular complexity index is 167. The maximum absolute atomic E-state index is 9.39. The number of aliphatic hydroxyl groups excluding tert-OH is 2. The first-order chi connectivity index (χ1) is 5.96. The Morgan fingerprint density at radius 1 is 1.38 bits per heavy atom. The maximum Gasteiger partial charge on any atom is 0.163 e. The number of hydrogen-bond donors (Lipinski definition) is 2. The quantitative estimate of drug-likeness (QED) is 0.670. The lowest BCUT2D eigenvalue weighted by molar-refractivity contribution is -0.154.